The molecule has 0 unspecified atom stereocenters. The topological polar surface area (TPSA) is 74.8 Å². The number of carbonyl (C=O) groups excluding carboxylic acids is 2. The van der Waals surface area contributed by atoms with Gasteiger partial charge in [-0.05, 0) is 48.9 Å². The van der Waals surface area contributed by atoms with Crippen LogP contribution < -0.4 is 9.21 Å². The predicted molar refractivity (Wildman–Crippen MR) is 97.9 cm³/mol. The molecule has 0 atom stereocenters. The smallest absolute Gasteiger partial charge is 0.264 e. The average molecular weight is 388 g/mol. The maximum absolute atomic E-state index is 13.5. The molecule has 4 rings (SSSR count). The minimum atomic E-state index is -3.91. The van der Waals surface area contributed by atoms with Gasteiger partial charge >= 0.3 is 0 Å². The van der Waals surface area contributed by atoms with Gasteiger partial charge in [-0.15, -0.1) is 0 Å². The van der Waals surface area contributed by atoms with Crippen molar-refractivity contribution in [2.45, 2.75) is 24.2 Å². The van der Waals surface area contributed by atoms with Crippen molar-refractivity contribution in [2.24, 2.45) is 0 Å². The van der Waals surface area contributed by atoms with E-state index >= 15 is 0 Å². The van der Waals surface area contributed by atoms with E-state index in [1.807, 2.05) is 0 Å². The summed E-state index contributed by atoms with van der Waals surface area (Å²) in [5, 5.41) is 0. The van der Waals surface area contributed by atoms with Crippen molar-refractivity contribution >= 4 is 33.1 Å². The van der Waals surface area contributed by atoms with Gasteiger partial charge in [0.2, 0.25) is 5.91 Å². The monoisotopic (exact) mass is 388 g/mol. The van der Waals surface area contributed by atoms with Crippen LogP contribution in [0.25, 0.3) is 0 Å². The Hall–Kier alpha value is -2.74. The molecule has 0 bridgehead atoms. The number of carbonyl (C=O) groups is 2. The average Bonchev–Trinajstić information content (AvgIpc) is 3.08. The van der Waals surface area contributed by atoms with Gasteiger partial charge in [0.25, 0.3) is 10.0 Å². The molecule has 0 aliphatic carbocycles. The third kappa shape index (κ3) is 2.99. The molecule has 0 aromatic heterocycles. The number of nitrogens with zero attached hydrogens (tertiary/aromatic N) is 2. The molecule has 2 heterocycles. The van der Waals surface area contributed by atoms with Gasteiger partial charge in [-0.1, -0.05) is 0 Å². The molecule has 0 spiro atoms. The molecule has 140 valence electrons. The number of fused-ring (bicyclic) bond motifs is 1. The summed E-state index contributed by atoms with van der Waals surface area (Å²) >= 11 is 0. The van der Waals surface area contributed by atoms with Crippen molar-refractivity contribution in [1.29, 1.82) is 0 Å². The van der Waals surface area contributed by atoms with Crippen LogP contribution in [0.15, 0.2) is 47.4 Å². The molecule has 2 aliphatic rings. The molecule has 0 radical (unpaired) electrons. The number of rotatable bonds is 3. The van der Waals surface area contributed by atoms with Crippen LogP contribution in [0.2, 0.25) is 0 Å². The van der Waals surface area contributed by atoms with Gasteiger partial charge < -0.3 is 4.90 Å². The fourth-order valence-corrected chi connectivity index (χ4v) is 4.99. The van der Waals surface area contributed by atoms with Crippen LogP contribution >= 0.6 is 0 Å². The Labute approximate surface area is 156 Å². The fourth-order valence-electron chi connectivity index (χ4n) is 3.50. The van der Waals surface area contributed by atoms with E-state index in [1.165, 1.54) is 18.2 Å². The second-order valence-electron chi connectivity index (χ2n) is 6.55. The molecular weight excluding hydrogens is 371 g/mol. The van der Waals surface area contributed by atoms with Crippen molar-refractivity contribution in [1.82, 2.24) is 0 Å². The van der Waals surface area contributed by atoms with Gasteiger partial charge in [-0.25, -0.2) is 12.8 Å². The van der Waals surface area contributed by atoms with Crippen molar-refractivity contribution in [3.63, 3.8) is 0 Å². The van der Waals surface area contributed by atoms with Crippen LogP contribution in [0.5, 0.6) is 0 Å². The number of ketones is 1. The molecule has 2 aliphatic heterocycles. The molecule has 1 saturated heterocycles. The first-order chi connectivity index (χ1) is 12.9. The lowest BCUT2D eigenvalue weighted by molar-refractivity contribution is -0.117. The predicted octanol–water partition coefficient (Wildman–Crippen LogP) is 2.73. The Bertz CT molecular complexity index is 1030. The third-order valence-corrected chi connectivity index (χ3v) is 6.71. The molecule has 8 heteroatoms. The Kier molecular flexibility index (Phi) is 4.22. The maximum Gasteiger partial charge on any atom is 0.264 e. The van der Waals surface area contributed by atoms with E-state index in [9.17, 15) is 22.4 Å². The fraction of sp³-hybridized carbons (Fsp3) is 0.263. The Morgan fingerprint density at radius 2 is 1.67 bits per heavy atom. The van der Waals surface area contributed by atoms with Gasteiger partial charge in [0.05, 0.1) is 10.6 Å². The Morgan fingerprint density at radius 1 is 0.926 bits per heavy atom. The zero-order chi connectivity index (χ0) is 19.2. The molecule has 27 heavy (non-hydrogen) atoms. The number of sulfonamides is 1. The van der Waals surface area contributed by atoms with E-state index in [-0.39, 0.29) is 40.8 Å². The van der Waals surface area contributed by atoms with Gasteiger partial charge in [-0.2, -0.15) is 0 Å². The van der Waals surface area contributed by atoms with Gasteiger partial charge in [-0.3, -0.25) is 13.9 Å². The highest BCUT2D eigenvalue weighted by Gasteiger charge is 2.33. The molecule has 1 amide bonds. The van der Waals surface area contributed by atoms with Crippen LogP contribution in [0.3, 0.4) is 0 Å². The van der Waals surface area contributed by atoms with E-state index in [0.717, 1.165) is 22.9 Å². The molecule has 1 fully saturated rings. The number of anilines is 2. The number of hydrogen-bond donors (Lipinski definition) is 0. The van der Waals surface area contributed by atoms with Crippen molar-refractivity contribution in [3.8, 4) is 0 Å². The minimum Gasteiger partial charge on any atom is -0.312 e. The summed E-state index contributed by atoms with van der Waals surface area (Å²) in [6.07, 6.45) is 1.28. The first-order valence-corrected chi connectivity index (χ1v) is 10.1. The summed E-state index contributed by atoms with van der Waals surface area (Å²) in [6.45, 7) is 0.629. The number of benzene rings is 2. The van der Waals surface area contributed by atoms with E-state index < -0.39 is 15.8 Å². The highest BCUT2D eigenvalue weighted by atomic mass is 32.2. The third-order valence-electron chi connectivity index (χ3n) is 4.88. The summed E-state index contributed by atoms with van der Waals surface area (Å²) in [4.78, 5) is 25.6. The number of halogens is 1. The molecule has 6 nitrogen and oxygen atoms in total. The Morgan fingerprint density at radius 3 is 2.33 bits per heavy atom. The molecule has 0 saturated carbocycles. The van der Waals surface area contributed by atoms with Crippen LogP contribution in [0, 0.1) is 5.82 Å². The second-order valence-corrected chi connectivity index (χ2v) is 8.42. The molecular formula is C19H17FN2O4S. The van der Waals surface area contributed by atoms with Crippen LogP contribution in [0.4, 0.5) is 15.8 Å². The van der Waals surface area contributed by atoms with E-state index in [0.29, 0.717) is 18.7 Å². The first kappa shape index (κ1) is 17.7. The van der Waals surface area contributed by atoms with Crippen molar-refractivity contribution in [2.75, 3.05) is 22.3 Å². The summed E-state index contributed by atoms with van der Waals surface area (Å²) in [5.41, 5.74) is 0.920. The van der Waals surface area contributed by atoms with Crippen LogP contribution in [-0.2, 0) is 14.8 Å². The molecule has 0 N–H and O–H groups in total. The highest BCUT2D eigenvalue weighted by Crippen LogP contribution is 2.33. The first-order valence-electron chi connectivity index (χ1n) is 8.64. The molecule has 2 aromatic rings. The summed E-state index contributed by atoms with van der Waals surface area (Å²) in [7, 11) is -3.91. The summed E-state index contributed by atoms with van der Waals surface area (Å²) < 4.78 is 40.8. The zero-order valence-corrected chi connectivity index (χ0v) is 15.2. The van der Waals surface area contributed by atoms with Crippen molar-refractivity contribution in [3.05, 3.63) is 53.8 Å². The summed E-state index contributed by atoms with van der Waals surface area (Å²) in [6, 6.07) is 9.65. The molecule has 2 aromatic carbocycles. The Balaban J connectivity index is 1.69. The zero-order valence-electron chi connectivity index (χ0n) is 14.4. The van der Waals surface area contributed by atoms with Crippen LogP contribution in [0.1, 0.15) is 29.6 Å². The van der Waals surface area contributed by atoms with Gasteiger partial charge in [0.15, 0.2) is 5.78 Å². The maximum atomic E-state index is 13.5. The summed E-state index contributed by atoms with van der Waals surface area (Å²) in [5.74, 6) is -0.837. The SMILES string of the molecule is O=C1CCN(S(=O)(=O)c2ccc(N3CCCC3=O)cc2)c2ccc(F)cc21. The lowest BCUT2D eigenvalue weighted by Gasteiger charge is -2.29. The normalized spacial score (nSPS) is 17.4. The number of hydrogen-bond acceptors (Lipinski definition) is 4. The number of Topliss-reactive ketones (excluding diaryl/α,β-unsaturated/α-hetero) is 1. The quantitative estimate of drug-likeness (QED) is 0.810. The van der Waals surface area contributed by atoms with Crippen LogP contribution in [-0.4, -0.2) is 33.2 Å². The van der Waals surface area contributed by atoms with E-state index in [2.05, 4.69) is 0 Å². The highest BCUT2D eigenvalue weighted by molar-refractivity contribution is 7.92. The van der Waals surface area contributed by atoms with E-state index in [4.69, 9.17) is 0 Å². The lowest BCUT2D eigenvalue weighted by atomic mass is 10.0. The lowest BCUT2D eigenvalue weighted by Crippen LogP contribution is -2.37. The standard InChI is InChI=1S/C19H17FN2O4S/c20-13-3-8-17-16(12-13)18(23)9-11-22(17)27(25,26)15-6-4-14(5-7-15)21-10-1-2-19(21)24/h3-8,12H,1-2,9-11H2. The van der Waals surface area contributed by atoms with Gasteiger partial charge in [0.1, 0.15) is 5.82 Å². The van der Waals surface area contributed by atoms with Crippen molar-refractivity contribution < 1.29 is 22.4 Å². The van der Waals surface area contributed by atoms with E-state index in [1.54, 1.807) is 17.0 Å². The second kappa shape index (κ2) is 6.45. The largest absolute Gasteiger partial charge is 0.312 e. The minimum absolute atomic E-state index is 0.00392. The van der Waals surface area contributed by atoms with Gasteiger partial charge in [0, 0.05) is 37.2 Å². The number of amides is 1.